The molecule has 0 aliphatic carbocycles. The van der Waals surface area contributed by atoms with Gasteiger partial charge in [0.05, 0.1) is 11.2 Å². The molecule has 1 aliphatic rings. The summed E-state index contributed by atoms with van der Waals surface area (Å²) in [4.78, 5) is 4.03. The van der Waals surface area contributed by atoms with Crippen LogP contribution in [-0.4, -0.2) is 23.3 Å². The lowest BCUT2D eigenvalue weighted by molar-refractivity contribution is 0.00578. The predicted octanol–water partition coefficient (Wildman–Crippen LogP) is 1.83. The lowest BCUT2D eigenvalue weighted by atomic mass is 9.83. The summed E-state index contributed by atoms with van der Waals surface area (Å²) >= 11 is 0. The zero-order chi connectivity index (χ0) is 12.8. The first-order valence-electron chi connectivity index (χ1n) is 5.71. The Balaban J connectivity index is 2.36. The van der Waals surface area contributed by atoms with Crippen LogP contribution in [0.3, 0.4) is 0 Å². The third-order valence-electron chi connectivity index (χ3n) is 3.59. The summed E-state index contributed by atoms with van der Waals surface area (Å²) in [5.74, 6) is -0.356. The van der Waals surface area contributed by atoms with E-state index in [4.69, 9.17) is 9.31 Å². The van der Waals surface area contributed by atoms with E-state index in [9.17, 15) is 4.39 Å². The Morgan fingerprint density at radius 3 is 2.24 bits per heavy atom. The van der Waals surface area contributed by atoms with Crippen molar-refractivity contribution in [3.05, 3.63) is 23.6 Å². The number of aryl methyl sites for hydroxylation is 1. The van der Waals surface area contributed by atoms with Crippen molar-refractivity contribution in [2.24, 2.45) is 0 Å². The quantitative estimate of drug-likeness (QED) is 0.698. The van der Waals surface area contributed by atoms with Crippen LogP contribution in [0.4, 0.5) is 4.39 Å². The standard InChI is InChI=1S/C12H17BFNO2/c1-8-6-7-15-10(9(8)14)13-16-11(2,3)12(4,5)17-13/h6-7H,1-5H3. The summed E-state index contributed by atoms with van der Waals surface area (Å²) in [6.07, 6.45) is 1.57. The second-order valence-corrected chi connectivity index (χ2v) is 5.42. The molecule has 0 N–H and O–H groups in total. The van der Waals surface area contributed by atoms with Gasteiger partial charge in [-0.15, -0.1) is 0 Å². The lowest BCUT2D eigenvalue weighted by Gasteiger charge is -2.32. The molecule has 0 bridgehead atoms. The van der Waals surface area contributed by atoms with E-state index in [-0.39, 0.29) is 11.4 Å². The Kier molecular flexibility index (Phi) is 2.79. The van der Waals surface area contributed by atoms with Gasteiger partial charge >= 0.3 is 7.12 Å². The molecule has 2 heterocycles. The Morgan fingerprint density at radius 2 is 1.71 bits per heavy atom. The molecule has 1 fully saturated rings. The minimum absolute atomic E-state index is 0.226. The third-order valence-corrected chi connectivity index (χ3v) is 3.59. The van der Waals surface area contributed by atoms with Crippen LogP contribution in [-0.2, 0) is 9.31 Å². The van der Waals surface area contributed by atoms with E-state index in [1.165, 1.54) is 0 Å². The molecule has 5 heteroatoms. The number of aromatic nitrogens is 1. The van der Waals surface area contributed by atoms with Crippen LogP contribution in [0.5, 0.6) is 0 Å². The molecule has 1 aliphatic heterocycles. The molecule has 0 spiro atoms. The number of hydrogen-bond acceptors (Lipinski definition) is 3. The second kappa shape index (κ2) is 3.78. The summed E-state index contributed by atoms with van der Waals surface area (Å²) in [6, 6.07) is 1.63. The van der Waals surface area contributed by atoms with Crippen molar-refractivity contribution >= 4 is 12.7 Å². The van der Waals surface area contributed by atoms with E-state index >= 15 is 0 Å². The van der Waals surface area contributed by atoms with Gasteiger partial charge in [-0.3, -0.25) is 4.98 Å². The maximum Gasteiger partial charge on any atom is 0.517 e. The van der Waals surface area contributed by atoms with Gasteiger partial charge in [-0.1, -0.05) is 0 Å². The fourth-order valence-corrected chi connectivity index (χ4v) is 1.68. The van der Waals surface area contributed by atoms with Gasteiger partial charge in [0.1, 0.15) is 11.4 Å². The molecule has 0 unspecified atom stereocenters. The van der Waals surface area contributed by atoms with Crippen molar-refractivity contribution in [2.45, 2.75) is 45.8 Å². The van der Waals surface area contributed by atoms with Gasteiger partial charge in [-0.25, -0.2) is 4.39 Å². The van der Waals surface area contributed by atoms with E-state index in [0.29, 0.717) is 5.56 Å². The third kappa shape index (κ3) is 1.98. The van der Waals surface area contributed by atoms with E-state index < -0.39 is 18.3 Å². The smallest absolute Gasteiger partial charge is 0.398 e. The van der Waals surface area contributed by atoms with Crippen LogP contribution in [0, 0.1) is 12.7 Å². The first kappa shape index (κ1) is 12.5. The summed E-state index contributed by atoms with van der Waals surface area (Å²) in [7, 11) is -0.736. The van der Waals surface area contributed by atoms with Crippen LogP contribution in [0.15, 0.2) is 12.3 Å². The number of hydrogen-bond donors (Lipinski definition) is 0. The molecule has 92 valence electrons. The Bertz CT molecular complexity index is 432. The fourth-order valence-electron chi connectivity index (χ4n) is 1.68. The normalized spacial score (nSPS) is 21.9. The summed E-state index contributed by atoms with van der Waals surface area (Å²) < 4.78 is 25.5. The summed E-state index contributed by atoms with van der Waals surface area (Å²) in [5.41, 5.74) is -0.182. The van der Waals surface area contributed by atoms with Crippen molar-refractivity contribution < 1.29 is 13.7 Å². The molecule has 0 atom stereocenters. The number of nitrogens with zero attached hydrogens (tertiary/aromatic N) is 1. The van der Waals surface area contributed by atoms with Gasteiger partial charge < -0.3 is 9.31 Å². The average Bonchev–Trinajstić information content (AvgIpc) is 2.40. The predicted molar refractivity (Wildman–Crippen MR) is 64.6 cm³/mol. The van der Waals surface area contributed by atoms with Crippen molar-refractivity contribution in [3.8, 4) is 0 Å². The topological polar surface area (TPSA) is 31.4 Å². The fraction of sp³-hybridized carbons (Fsp3) is 0.583. The van der Waals surface area contributed by atoms with Crippen LogP contribution >= 0.6 is 0 Å². The molecule has 1 aromatic heterocycles. The first-order valence-corrected chi connectivity index (χ1v) is 5.71. The van der Waals surface area contributed by atoms with Crippen molar-refractivity contribution in [1.29, 1.82) is 0 Å². The highest BCUT2D eigenvalue weighted by atomic mass is 19.1. The maximum atomic E-state index is 13.9. The molecule has 0 amide bonds. The molecule has 2 rings (SSSR count). The highest BCUT2D eigenvalue weighted by Gasteiger charge is 2.53. The number of halogens is 1. The van der Waals surface area contributed by atoms with Crippen LogP contribution < -0.4 is 5.59 Å². The molecule has 1 aromatic rings. The van der Waals surface area contributed by atoms with Gasteiger partial charge in [0.2, 0.25) is 0 Å². The molecular weight excluding hydrogens is 220 g/mol. The second-order valence-electron chi connectivity index (χ2n) is 5.42. The van der Waals surface area contributed by atoms with Crippen LogP contribution in [0.1, 0.15) is 33.3 Å². The number of rotatable bonds is 1. The largest absolute Gasteiger partial charge is 0.517 e. The van der Waals surface area contributed by atoms with E-state index in [2.05, 4.69) is 4.98 Å². The van der Waals surface area contributed by atoms with Gasteiger partial charge in [0.15, 0.2) is 0 Å². The van der Waals surface area contributed by atoms with E-state index in [0.717, 1.165) is 0 Å². The Labute approximate surface area is 101 Å². The van der Waals surface area contributed by atoms with Crippen molar-refractivity contribution in [2.75, 3.05) is 0 Å². The van der Waals surface area contributed by atoms with Gasteiger partial charge in [-0.2, -0.15) is 0 Å². The Hall–Kier alpha value is -0.935. The highest BCUT2D eigenvalue weighted by Crippen LogP contribution is 2.36. The Morgan fingerprint density at radius 1 is 1.18 bits per heavy atom. The lowest BCUT2D eigenvalue weighted by Crippen LogP contribution is -2.41. The summed E-state index contributed by atoms with van der Waals surface area (Å²) in [6.45, 7) is 9.43. The maximum absolute atomic E-state index is 13.9. The van der Waals surface area contributed by atoms with Crippen molar-refractivity contribution in [3.63, 3.8) is 0 Å². The van der Waals surface area contributed by atoms with E-state index in [1.54, 1.807) is 19.2 Å². The molecule has 3 nitrogen and oxygen atoms in total. The SMILES string of the molecule is Cc1ccnc(B2OC(C)(C)C(C)(C)O2)c1F. The molecular formula is C12H17BFNO2. The molecule has 1 saturated heterocycles. The number of pyridine rings is 1. The van der Waals surface area contributed by atoms with Crippen LogP contribution in [0.2, 0.25) is 0 Å². The zero-order valence-electron chi connectivity index (χ0n) is 10.9. The average molecular weight is 237 g/mol. The van der Waals surface area contributed by atoms with Crippen molar-refractivity contribution in [1.82, 2.24) is 4.98 Å². The minimum atomic E-state index is -0.736. The zero-order valence-corrected chi connectivity index (χ0v) is 10.9. The van der Waals surface area contributed by atoms with Crippen LogP contribution in [0.25, 0.3) is 0 Å². The monoisotopic (exact) mass is 237 g/mol. The highest BCUT2D eigenvalue weighted by molar-refractivity contribution is 6.61. The van der Waals surface area contributed by atoms with E-state index in [1.807, 2.05) is 27.7 Å². The molecule has 0 aromatic carbocycles. The van der Waals surface area contributed by atoms with Gasteiger partial charge in [-0.05, 0) is 46.2 Å². The molecule has 0 radical (unpaired) electrons. The molecule has 0 saturated carbocycles. The van der Waals surface area contributed by atoms with Gasteiger partial charge in [0, 0.05) is 6.20 Å². The summed E-state index contributed by atoms with van der Waals surface area (Å²) in [5, 5.41) is 0. The minimum Gasteiger partial charge on any atom is -0.398 e. The van der Waals surface area contributed by atoms with Gasteiger partial charge in [0.25, 0.3) is 0 Å². The first-order chi connectivity index (χ1) is 7.74. The molecule has 17 heavy (non-hydrogen) atoms.